The molecule has 0 radical (unpaired) electrons. The van der Waals surface area contributed by atoms with Gasteiger partial charge in [-0.05, 0) is 64.7 Å². The number of nitrogens with one attached hydrogen (secondary N) is 1. The first-order valence-electron chi connectivity index (χ1n) is 25.0. The minimum absolute atomic E-state index is 0. The summed E-state index contributed by atoms with van der Waals surface area (Å²) in [6, 6.07) is -2.14. The zero-order valence-corrected chi connectivity index (χ0v) is 45.9. The van der Waals surface area contributed by atoms with Gasteiger partial charge in [-0.2, -0.15) is 0 Å². The molecule has 0 bridgehead atoms. The van der Waals surface area contributed by atoms with Gasteiger partial charge in [-0.15, -0.1) is 0 Å². The molecule has 6 fully saturated rings. The van der Waals surface area contributed by atoms with Crippen LogP contribution in [0.15, 0.2) is 0 Å². The van der Waals surface area contributed by atoms with Crippen LogP contribution in [0, 0.1) is 35.5 Å². The van der Waals surface area contributed by atoms with E-state index in [-0.39, 0.29) is 128 Å². The molecule has 0 saturated carbocycles. The normalized spacial score (nSPS) is 25.5. The van der Waals surface area contributed by atoms with Crippen molar-refractivity contribution < 1.29 is 92.9 Å². The van der Waals surface area contributed by atoms with Gasteiger partial charge in [-0.25, -0.2) is 14.4 Å². The van der Waals surface area contributed by atoms with Crippen molar-refractivity contribution in [2.24, 2.45) is 35.5 Å². The molecule has 6 aliphatic rings. The van der Waals surface area contributed by atoms with E-state index in [1.807, 2.05) is 51.6 Å². The number of alkyl halides is 1. The van der Waals surface area contributed by atoms with E-state index in [1.165, 1.54) is 28.9 Å². The summed E-state index contributed by atoms with van der Waals surface area (Å²) in [5.41, 5.74) is 0. The number of hydrogen-bond donors (Lipinski definition) is 3. The topological polar surface area (TPSA) is 280 Å². The number of aliphatic carboxylic acids is 2. The quantitative estimate of drug-likeness (QED) is 0.0895. The maximum absolute atomic E-state index is 12.7. The molecule has 23 nitrogen and oxygen atoms in total. The van der Waals surface area contributed by atoms with Gasteiger partial charge in [-0.1, -0.05) is 56.4 Å². The van der Waals surface area contributed by atoms with Crippen LogP contribution in [0.3, 0.4) is 0 Å². The number of likely N-dealkylation sites (N-methyl/N-ethyl adjacent to an activating group) is 6. The van der Waals surface area contributed by atoms with Gasteiger partial charge in [0.15, 0.2) is 0 Å². The van der Waals surface area contributed by atoms with Crippen LogP contribution in [0.25, 0.3) is 0 Å². The summed E-state index contributed by atoms with van der Waals surface area (Å²) in [7, 11) is 12.2. The summed E-state index contributed by atoms with van der Waals surface area (Å²) in [6.45, 7) is 17.1. The Labute approximate surface area is 459 Å². The molecule has 5 amide bonds. The molecule has 0 aliphatic carbocycles. The Morgan fingerprint density at radius 3 is 1.12 bits per heavy atom. The molecule has 430 valence electrons. The molecular weight excluding hydrogens is 977 g/mol. The Morgan fingerprint density at radius 2 is 0.893 bits per heavy atom. The number of hydrogen-bond acceptors (Lipinski definition) is 16. The van der Waals surface area contributed by atoms with E-state index in [2.05, 4.69) is 5.32 Å². The van der Waals surface area contributed by atoms with Crippen molar-refractivity contribution >= 4 is 53.4 Å². The van der Waals surface area contributed by atoms with E-state index in [0.717, 1.165) is 32.6 Å². The number of methoxy groups -OCH3 is 2. The Hall–Kier alpha value is -4.44. The van der Waals surface area contributed by atoms with E-state index in [1.54, 1.807) is 56.7 Å². The van der Waals surface area contributed by atoms with Gasteiger partial charge < -0.3 is 55.0 Å². The summed E-state index contributed by atoms with van der Waals surface area (Å²) >= 11 is 0. The summed E-state index contributed by atoms with van der Waals surface area (Å²) in [6.07, 6.45) is 2.10. The van der Waals surface area contributed by atoms with Crippen LogP contribution in [0.2, 0.25) is 0 Å². The summed E-state index contributed by atoms with van der Waals surface area (Å²) in [5.74, 6) is -3.18. The third-order valence-corrected chi connectivity index (χ3v) is 13.9. The average Bonchev–Trinajstić information content (AvgIpc) is 4.17. The van der Waals surface area contributed by atoms with Crippen LogP contribution in [0.4, 0.5) is 4.39 Å². The van der Waals surface area contributed by atoms with Gasteiger partial charge in [0.25, 0.3) is 0 Å². The minimum atomic E-state index is -1.00. The number of carboxylic acids is 2. The molecule has 0 aromatic rings. The molecule has 0 aromatic carbocycles. The van der Waals surface area contributed by atoms with Crippen molar-refractivity contribution in [3.8, 4) is 0 Å². The molecular formula is C50H93FLiN9O14. The number of carbonyl (C=O) groups is 9. The summed E-state index contributed by atoms with van der Waals surface area (Å²) in [5, 5.41) is 20.6. The van der Waals surface area contributed by atoms with Gasteiger partial charge in [0.05, 0.1) is 40.5 Å². The number of amides is 5. The molecule has 3 unspecified atom stereocenters. The smallest absolute Gasteiger partial charge is 0.870 e. The van der Waals surface area contributed by atoms with Gasteiger partial charge in [0.1, 0.15) is 36.3 Å². The molecule has 0 aromatic heterocycles. The first-order valence-corrected chi connectivity index (χ1v) is 24.3. The van der Waals surface area contributed by atoms with Crippen LogP contribution in [-0.2, 0) is 52.6 Å². The van der Waals surface area contributed by atoms with E-state index in [0.29, 0.717) is 45.6 Å². The van der Waals surface area contributed by atoms with Crippen LogP contribution in [0.1, 0.15) is 77.0 Å². The van der Waals surface area contributed by atoms with E-state index < -0.39 is 43.2 Å². The second kappa shape index (κ2) is 34.4. The third-order valence-electron chi connectivity index (χ3n) is 13.9. The van der Waals surface area contributed by atoms with Crippen molar-refractivity contribution in [2.45, 2.75) is 112 Å². The number of halogens is 1. The second-order valence-corrected chi connectivity index (χ2v) is 20.2. The molecule has 12 atom stereocenters. The van der Waals surface area contributed by atoms with Crippen molar-refractivity contribution in [3.63, 3.8) is 0 Å². The largest absolute Gasteiger partial charge is 1.00 e. The maximum Gasteiger partial charge on any atom is 1.00 e. The zero-order chi connectivity index (χ0) is 55.1. The van der Waals surface area contributed by atoms with E-state index in [4.69, 9.17) is 16.0 Å². The second-order valence-electron chi connectivity index (χ2n) is 20.2. The van der Waals surface area contributed by atoms with Crippen LogP contribution in [-0.4, -0.2) is 267 Å². The zero-order valence-electron chi connectivity index (χ0n) is 46.9. The molecule has 75 heavy (non-hydrogen) atoms. The van der Waals surface area contributed by atoms with Gasteiger partial charge in [-0.3, -0.25) is 47.9 Å². The van der Waals surface area contributed by atoms with Crippen LogP contribution in [0.5, 0.6) is 0 Å². The number of ether oxygens (including phenoxy) is 2. The predicted molar refractivity (Wildman–Crippen MR) is 276 cm³/mol. The minimum Gasteiger partial charge on any atom is -0.870 e. The van der Waals surface area contributed by atoms with Crippen LogP contribution < -0.4 is 24.2 Å². The number of nitrogens with zero attached hydrogens (tertiary/aromatic N) is 8. The van der Waals surface area contributed by atoms with Crippen molar-refractivity contribution in [3.05, 3.63) is 0 Å². The van der Waals surface area contributed by atoms with Crippen molar-refractivity contribution in [2.75, 3.05) is 123 Å². The summed E-state index contributed by atoms with van der Waals surface area (Å²) < 4.78 is 25.1. The Bertz CT molecular complexity index is 1890. The first kappa shape index (κ1) is 72.6. The fourth-order valence-corrected chi connectivity index (χ4v) is 9.26. The standard InChI is InChI=1S/C16H27N3O4.C15H25N3O4.C12H22N2O3.C4H7NO2.CH3F.2CH4.Li.H2O/c1-10(2)13(16(22)23-5)18(4)14(20)11-6-7-19(8-11)15(21)12-9-17(12)3;1-9(2)12(15(21)22)17(4)13(19)10-5-6-18(7-10)14(20)11-8-16(11)3;1-8(2)10(12(16)17-4)14(3)11(15)9-5-6-13-7-9;1-5-2-3(5)4(6)7;1-2;;;;/h10-13H,6-9H2,1-5H3;9-12H,5-8H2,1-4H3,(H,21,22);8-10,13H,5-7H2,1-4H3;3H,2H2,1H3,(H,6,7);1H3;2*1H4;;1H2/q;;;;;;;+1;/p-1/t11-,12+,13-,17?;10-,11+,12-,16?;9-,10-;3-,5?;;;;;/m0001...../s1/i;;;;1D;;;;. The number of likely N-dealkylation sites (tertiary alicyclic amines) is 2. The number of carboxylic acid groups (broad SMARTS) is 2. The number of rotatable bonds is 15. The monoisotopic (exact) mass is 1070 g/mol. The van der Waals surface area contributed by atoms with Gasteiger partial charge in [0, 0.05) is 73.5 Å². The number of esters is 2. The molecule has 6 heterocycles. The van der Waals surface area contributed by atoms with Gasteiger partial charge >= 0.3 is 42.7 Å². The first-order chi connectivity index (χ1) is 33.6. The molecule has 6 aliphatic heterocycles. The molecule has 6 saturated heterocycles. The van der Waals surface area contributed by atoms with E-state index >= 15 is 0 Å². The van der Waals surface area contributed by atoms with Crippen molar-refractivity contribution in [1.29, 1.82) is 0 Å². The molecule has 6 rings (SSSR count). The van der Waals surface area contributed by atoms with Crippen LogP contribution >= 0.6 is 0 Å². The molecule has 0 spiro atoms. The van der Waals surface area contributed by atoms with Crippen molar-refractivity contribution in [1.82, 2.24) is 44.5 Å². The summed E-state index contributed by atoms with van der Waals surface area (Å²) in [4.78, 5) is 120. The Balaban J connectivity index is -0.000000946. The Morgan fingerprint density at radius 1 is 0.587 bits per heavy atom. The average molecular weight is 1070 g/mol. The fraction of sp³-hybridized carbons (Fsp3) is 0.820. The fourth-order valence-electron chi connectivity index (χ4n) is 9.26. The number of carbonyl (C=O) groups excluding carboxylic acids is 7. The molecule has 25 heteroatoms. The predicted octanol–water partition coefficient (Wildman–Crippen LogP) is -2.16. The van der Waals surface area contributed by atoms with Gasteiger partial charge in [0.2, 0.25) is 29.5 Å². The Kier molecular flexibility index (Phi) is 33.3. The maximum atomic E-state index is 12.7. The molecule has 4 N–H and O–H groups in total. The third kappa shape index (κ3) is 21.1. The SMILES string of the molecule is C.C.CC(C)[C@@H](C(=O)O)N(C)C(=O)[C@H]1CCN(C(=O)[C@H]2CN2C)C1.CN1C[C@@H]1C(=O)O.COC(=O)[C@H](C(C)C)N(C)C(=O)[C@H]1CCN(C(=O)[C@H]2CN2C)C1.COC(=O)[C@H](C(C)C)N(C)C(=O)[C@H]1CCNC1.[2H]CF.[Li+].[OH-]. The van der Waals surface area contributed by atoms with E-state index in [9.17, 15) is 52.6 Å².